The summed E-state index contributed by atoms with van der Waals surface area (Å²) in [5.74, 6) is -2.55. The number of hydrogen-bond acceptors (Lipinski definition) is 4. The number of fused-ring (bicyclic) bond motifs is 3. The maximum atomic E-state index is 13.3. The minimum absolute atomic E-state index is 0.0137. The van der Waals surface area contributed by atoms with Crippen molar-refractivity contribution in [2.24, 2.45) is 5.92 Å². The number of benzene rings is 1. The molecule has 156 valence electrons. The molecule has 1 aromatic heterocycles. The number of rotatable bonds is 4. The highest BCUT2D eigenvalue weighted by Crippen LogP contribution is 2.40. The molecule has 3 unspecified atom stereocenters. The van der Waals surface area contributed by atoms with Crippen molar-refractivity contribution < 1.29 is 13.6 Å². The number of hydrogen-bond donors (Lipinski definition) is 1. The second kappa shape index (κ2) is 6.93. The number of para-hydroxylation sites is 1. The van der Waals surface area contributed by atoms with Gasteiger partial charge in [-0.05, 0) is 44.4 Å². The Morgan fingerprint density at radius 2 is 2.17 bits per heavy atom. The zero-order chi connectivity index (χ0) is 20.2. The van der Waals surface area contributed by atoms with Crippen molar-refractivity contribution >= 4 is 22.8 Å². The van der Waals surface area contributed by atoms with Crippen LogP contribution in [0, 0.1) is 5.92 Å². The second-order valence-corrected chi connectivity index (χ2v) is 8.88. The van der Waals surface area contributed by atoms with Gasteiger partial charge in [-0.15, -0.1) is 0 Å². The predicted octanol–water partition coefficient (Wildman–Crippen LogP) is 3.31. The van der Waals surface area contributed by atoms with Crippen molar-refractivity contribution in [2.45, 2.75) is 50.1 Å². The Bertz CT molecular complexity index is 927. The number of alkyl halides is 2. The molecule has 0 radical (unpaired) electrons. The van der Waals surface area contributed by atoms with Gasteiger partial charge in [0.15, 0.2) is 0 Å². The summed E-state index contributed by atoms with van der Waals surface area (Å²) in [6.45, 7) is 2.45. The Morgan fingerprint density at radius 1 is 1.31 bits per heavy atom. The van der Waals surface area contributed by atoms with Crippen molar-refractivity contribution in [3.63, 3.8) is 0 Å². The number of nitrogens with zero attached hydrogens (tertiary/aromatic N) is 4. The van der Waals surface area contributed by atoms with Gasteiger partial charge in [-0.2, -0.15) is 0 Å². The number of carbonyl (C=O) groups is 1. The maximum Gasteiger partial charge on any atom is 0.327 e. The third-order valence-electron chi connectivity index (χ3n) is 6.93. The van der Waals surface area contributed by atoms with E-state index in [2.05, 4.69) is 33.2 Å². The highest BCUT2D eigenvalue weighted by molar-refractivity contribution is 5.95. The normalized spacial score (nSPS) is 28.5. The minimum Gasteiger partial charge on any atom is -0.364 e. The van der Waals surface area contributed by atoms with E-state index in [1.54, 1.807) is 6.33 Å². The highest BCUT2D eigenvalue weighted by Gasteiger charge is 2.42. The Kier molecular flexibility index (Phi) is 4.49. The second-order valence-electron chi connectivity index (χ2n) is 8.88. The van der Waals surface area contributed by atoms with Crippen molar-refractivity contribution in [3.05, 3.63) is 24.5 Å². The molecule has 2 saturated heterocycles. The molecule has 2 aromatic rings. The lowest BCUT2D eigenvalue weighted by molar-refractivity contribution is 0.00478. The topological polar surface area (TPSA) is 53.4 Å². The smallest absolute Gasteiger partial charge is 0.327 e. The molecule has 1 saturated carbocycles. The average Bonchev–Trinajstić information content (AvgIpc) is 3.43. The van der Waals surface area contributed by atoms with Gasteiger partial charge in [-0.1, -0.05) is 6.07 Å². The first-order valence-corrected chi connectivity index (χ1v) is 10.5. The Balaban J connectivity index is 1.27. The van der Waals surface area contributed by atoms with Crippen LogP contribution in [-0.4, -0.2) is 65.2 Å². The monoisotopic (exact) mass is 403 g/mol. The molecular formula is C21H27F2N5O. The first kappa shape index (κ1) is 18.8. The molecule has 8 heteroatoms. The molecule has 1 N–H and O–H groups in total. The maximum absolute atomic E-state index is 13.3. The van der Waals surface area contributed by atoms with Crippen LogP contribution in [0.4, 0.5) is 19.3 Å². The largest absolute Gasteiger partial charge is 0.364 e. The number of likely N-dealkylation sites (tertiary alicyclic amines) is 1. The molecule has 1 amide bonds. The fourth-order valence-electron chi connectivity index (χ4n) is 5.33. The summed E-state index contributed by atoms with van der Waals surface area (Å²) in [4.78, 5) is 22.0. The summed E-state index contributed by atoms with van der Waals surface area (Å²) in [5.41, 5.74) is 2.71. The number of anilines is 1. The third-order valence-corrected chi connectivity index (χ3v) is 6.93. The van der Waals surface area contributed by atoms with Gasteiger partial charge in [-0.25, -0.2) is 18.6 Å². The van der Waals surface area contributed by atoms with Gasteiger partial charge in [0.1, 0.15) is 11.8 Å². The molecule has 6 nitrogen and oxygen atoms in total. The van der Waals surface area contributed by atoms with Crippen LogP contribution >= 0.6 is 0 Å². The first-order chi connectivity index (χ1) is 13.9. The molecule has 2 bridgehead atoms. The van der Waals surface area contributed by atoms with E-state index < -0.39 is 5.92 Å². The number of nitrogens with one attached hydrogen (secondary N) is 1. The highest BCUT2D eigenvalue weighted by atomic mass is 19.3. The average molecular weight is 403 g/mol. The molecule has 3 fully saturated rings. The van der Waals surface area contributed by atoms with Crippen LogP contribution in [0.1, 0.15) is 32.1 Å². The lowest BCUT2D eigenvalue weighted by atomic mass is 10.0. The molecule has 3 atom stereocenters. The van der Waals surface area contributed by atoms with Crippen LogP contribution in [-0.2, 0) is 0 Å². The fourth-order valence-corrected chi connectivity index (χ4v) is 5.33. The van der Waals surface area contributed by atoms with E-state index in [0.717, 1.165) is 29.8 Å². The van der Waals surface area contributed by atoms with Crippen LogP contribution in [0.15, 0.2) is 24.5 Å². The molecule has 1 aromatic carbocycles. The Labute approximate surface area is 168 Å². The number of carbonyl (C=O) groups excluding carboxylic acids is 1. The van der Waals surface area contributed by atoms with Crippen LogP contribution in [0.25, 0.3) is 11.0 Å². The lowest BCUT2D eigenvalue weighted by Gasteiger charge is -2.33. The quantitative estimate of drug-likeness (QED) is 0.851. The summed E-state index contributed by atoms with van der Waals surface area (Å²) in [5, 5.41) is 2.87. The van der Waals surface area contributed by atoms with Gasteiger partial charge in [0, 0.05) is 44.6 Å². The van der Waals surface area contributed by atoms with Crippen LogP contribution < -0.4 is 10.2 Å². The number of likely N-dealkylation sites (N-methyl/N-ethyl adjacent to an activating group) is 1. The van der Waals surface area contributed by atoms with Gasteiger partial charge in [0.2, 0.25) is 5.92 Å². The molecule has 3 aliphatic rings. The standard InChI is InChI=1S/C21H27F2N5O/c1-26-11-16-9-15(26)12-27(16)17-3-2-4-18-19(17)25-13-28(18)20(29)24-8-6-14-5-7-21(22,23)10-14/h2-4,13-16H,5-12H2,1H3,(H,24,29). The van der Waals surface area contributed by atoms with E-state index in [-0.39, 0.29) is 24.8 Å². The van der Waals surface area contributed by atoms with E-state index in [1.165, 1.54) is 11.0 Å². The van der Waals surface area contributed by atoms with E-state index in [1.807, 2.05) is 12.1 Å². The van der Waals surface area contributed by atoms with E-state index in [0.29, 0.717) is 31.5 Å². The van der Waals surface area contributed by atoms with E-state index in [4.69, 9.17) is 0 Å². The SMILES string of the molecule is CN1CC2CC1CN2c1cccc2c1ncn2C(=O)NCCC1CCC(F)(F)C1. The van der Waals surface area contributed by atoms with Crippen molar-refractivity contribution in [1.82, 2.24) is 19.8 Å². The summed E-state index contributed by atoms with van der Waals surface area (Å²) < 4.78 is 28.2. The summed E-state index contributed by atoms with van der Waals surface area (Å²) in [7, 11) is 2.17. The van der Waals surface area contributed by atoms with Crippen LogP contribution in [0.3, 0.4) is 0 Å². The number of aromatic nitrogens is 2. The Morgan fingerprint density at radius 3 is 2.86 bits per heavy atom. The summed E-state index contributed by atoms with van der Waals surface area (Å²) in [6, 6.07) is 6.79. The number of piperazine rings is 1. The molecule has 2 aliphatic heterocycles. The van der Waals surface area contributed by atoms with Gasteiger partial charge in [0.05, 0.1) is 11.2 Å². The molecule has 1 aliphatic carbocycles. The van der Waals surface area contributed by atoms with Crippen LogP contribution in [0.2, 0.25) is 0 Å². The number of amides is 1. The third kappa shape index (κ3) is 3.37. The van der Waals surface area contributed by atoms with Gasteiger partial charge < -0.3 is 10.2 Å². The molecule has 29 heavy (non-hydrogen) atoms. The summed E-state index contributed by atoms with van der Waals surface area (Å²) in [6.07, 6.45) is 3.76. The molecule has 0 spiro atoms. The van der Waals surface area contributed by atoms with Crippen molar-refractivity contribution in [3.8, 4) is 0 Å². The minimum atomic E-state index is -2.53. The van der Waals surface area contributed by atoms with E-state index >= 15 is 0 Å². The number of imidazole rings is 1. The zero-order valence-electron chi connectivity index (χ0n) is 16.7. The Hall–Kier alpha value is -2.22. The van der Waals surface area contributed by atoms with Crippen molar-refractivity contribution in [2.75, 3.05) is 31.6 Å². The molecule has 3 heterocycles. The summed E-state index contributed by atoms with van der Waals surface area (Å²) >= 11 is 0. The first-order valence-electron chi connectivity index (χ1n) is 10.5. The van der Waals surface area contributed by atoms with E-state index in [9.17, 15) is 13.6 Å². The molecular weight excluding hydrogens is 376 g/mol. The van der Waals surface area contributed by atoms with Gasteiger partial charge in [0.25, 0.3) is 0 Å². The van der Waals surface area contributed by atoms with Gasteiger partial charge in [-0.3, -0.25) is 9.47 Å². The predicted molar refractivity (Wildman–Crippen MR) is 108 cm³/mol. The number of halogens is 2. The molecule has 5 rings (SSSR count). The van der Waals surface area contributed by atoms with Crippen LogP contribution in [0.5, 0.6) is 0 Å². The zero-order valence-corrected chi connectivity index (χ0v) is 16.7. The lowest BCUT2D eigenvalue weighted by Crippen LogP contribution is -2.44. The van der Waals surface area contributed by atoms with Crippen molar-refractivity contribution in [1.29, 1.82) is 0 Å². The van der Waals surface area contributed by atoms with Gasteiger partial charge >= 0.3 is 6.03 Å². The fraction of sp³-hybridized carbons (Fsp3) is 0.619.